The summed E-state index contributed by atoms with van der Waals surface area (Å²) in [4.78, 5) is 23.2. The van der Waals surface area contributed by atoms with Crippen LogP contribution in [0.15, 0.2) is 23.6 Å². The third-order valence-corrected chi connectivity index (χ3v) is 4.17. The van der Waals surface area contributed by atoms with E-state index in [-0.39, 0.29) is 23.2 Å². The summed E-state index contributed by atoms with van der Waals surface area (Å²) in [6, 6.07) is 1.52. The topological polar surface area (TPSA) is 83.5 Å². The number of aromatic nitrogens is 3. The lowest BCUT2D eigenvalue weighted by Gasteiger charge is -2.22. The number of nitrogens with one attached hydrogen (secondary N) is 1. The lowest BCUT2D eigenvalue weighted by atomic mass is 10.2. The molecule has 25 heavy (non-hydrogen) atoms. The Balaban J connectivity index is 1.90. The summed E-state index contributed by atoms with van der Waals surface area (Å²) in [5.41, 5.74) is 0.561. The second-order valence-electron chi connectivity index (χ2n) is 5.47. The summed E-state index contributed by atoms with van der Waals surface area (Å²) in [5.74, 6) is -1.26. The van der Waals surface area contributed by atoms with Crippen molar-refractivity contribution in [2.45, 2.75) is 18.9 Å². The summed E-state index contributed by atoms with van der Waals surface area (Å²) in [6.45, 7) is 0.0658. The molecule has 0 spiro atoms. The van der Waals surface area contributed by atoms with E-state index in [2.05, 4.69) is 20.3 Å². The molecule has 2 aromatic rings. The standard InChI is InChI=1S/C15H14Cl2FN5O2/c1-25-22-12(13-11(17)4-8(16)5-19-13)7-23(9-2-3-9)15(24)10-6-20-21-14(10)18/h4-6,9H,2-3,7H2,1H3,(H,20,21). The molecule has 1 fully saturated rings. The molecule has 1 aliphatic rings. The van der Waals surface area contributed by atoms with E-state index < -0.39 is 11.9 Å². The number of H-pyrrole nitrogens is 1. The van der Waals surface area contributed by atoms with Crippen molar-refractivity contribution in [3.8, 4) is 0 Å². The summed E-state index contributed by atoms with van der Waals surface area (Å²) < 4.78 is 13.7. The van der Waals surface area contributed by atoms with E-state index in [0.717, 1.165) is 19.0 Å². The van der Waals surface area contributed by atoms with Crippen molar-refractivity contribution in [2.24, 2.45) is 5.16 Å². The Bertz CT molecular complexity index is 822. The van der Waals surface area contributed by atoms with Gasteiger partial charge in [0.05, 0.1) is 22.8 Å². The molecule has 7 nitrogen and oxygen atoms in total. The number of carbonyl (C=O) groups excluding carboxylic acids is 1. The maximum Gasteiger partial charge on any atom is 0.260 e. The van der Waals surface area contributed by atoms with Crippen LogP contribution in [0, 0.1) is 5.95 Å². The molecule has 0 atom stereocenters. The smallest absolute Gasteiger partial charge is 0.260 e. The maximum absolute atomic E-state index is 13.7. The number of nitrogens with zero attached hydrogens (tertiary/aromatic N) is 4. The first-order valence-electron chi connectivity index (χ1n) is 7.42. The highest BCUT2D eigenvalue weighted by Crippen LogP contribution is 2.29. The maximum atomic E-state index is 13.7. The predicted octanol–water partition coefficient (Wildman–Crippen LogP) is 2.91. The summed E-state index contributed by atoms with van der Waals surface area (Å²) >= 11 is 12.0. The molecule has 0 bridgehead atoms. The third kappa shape index (κ3) is 3.91. The van der Waals surface area contributed by atoms with Crippen molar-refractivity contribution in [2.75, 3.05) is 13.7 Å². The number of rotatable bonds is 6. The zero-order valence-electron chi connectivity index (χ0n) is 13.2. The minimum Gasteiger partial charge on any atom is -0.399 e. The molecule has 0 radical (unpaired) electrons. The fourth-order valence-corrected chi connectivity index (χ4v) is 2.86. The van der Waals surface area contributed by atoms with Crippen LogP contribution in [0.25, 0.3) is 0 Å². The number of halogens is 3. The largest absolute Gasteiger partial charge is 0.399 e. The molecule has 1 aliphatic carbocycles. The molecule has 0 aromatic carbocycles. The molecule has 1 amide bonds. The van der Waals surface area contributed by atoms with Crippen molar-refractivity contribution in [3.63, 3.8) is 0 Å². The van der Waals surface area contributed by atoms with Crippen LogP contribution in [0.4, 0.5) is 4.39 Å². The van der Waals surface area contributed by atoms with Crippen LogP contribution in [0.1, 0.15) is 28.9 Å². The van der Waals surface area contributed by atoms with E-state index in [1.165, 1.54) is 24.3 Å². The molecule has 1 N–H and O–H groups in total. The van der Waals surface area contributed by atoms with Crippen LogP contribution >= 0.6 is 23.2 Å². The van der Waals surface area contributed by atoms with Crippen molar-refractivity contribution in [1.82, 2.24) is 20.1 Å². The second-order valence-corrected chi connectivity index (χ2v) is 6.31. The number of hydrogen-bond acceptors (Lipinski definition) is 5. The Morgan fingerprint density at radius 1 is 1.48 bits per heavy atom. The van der Waals surface area contributed by atoms with E-state index in [1.807, 2.05) is 0 Å². The Labute approximate surface area is 152 Å². The number of hydrogen-bond donors (Lipinski definition) is 1. The molecule has 2 aromatic heterocycles. The highest BCUT2D eigenvalue weighted by atomic mass is 35.5. The van der Waals surface area contributed by atoms with Crippen molar-refractivity contribution < 1.29 is 14.0 Å². The van der Waals surface area contributed by atoms with Gasteiger partial charge in [-0.3, -0.25) is 14.9 Å². The van der Waals surface area contributed by atoms with Gasteiger partial charge in [0.15, 0.2) is 0 Å². The average molecular weight is 386 g/mol. The van der Waals surface area contributed by atoms with Gasteiger partial charge < -0.3 is 9.74 Å². The SMILES string of the molecule is CON=C(CN(C(=O)c1cn[nH]c1F)C1CC1)c1ncc(Cl)cc1Cl. The third-order valence-electron chi connectivity index (χ3n) is 3.67. The van der Waals surface area contributed by atoms with Gasteiger partial charge in [-0.25, -0.2) is 0 Å². The number of amides is 1. The van der Waals surface area contributed by atoms with Gasteiger partial charge in [0.1, 0.15) is 24.1 Å². The normalized spacial score (nSPS) is 14.5. The fraction of sp³-hybridized carbons (Fsp3) is 0.333. The zero-order valence-corrected chi connectivity index (χ0v) is 14.7. The molecule has 0 unspecified atom stereocenters. The Morgan fingerprint density at radius 3 is 2.80 bits per heavy atom. The van der Waals surface area contributed by atoms with Crippen LogP contribution in [-0.4, -0.2) is 51.4 Å². The van der Waals surface area contributed by atoms with Crippen molar-refractivity contribution in [3.05, 3.63) is 45.7 Å². The first kappa shape index (κ1) is 17.6. The van der Waals surface area contributed by atoms with E-state index in [9.17, 15) is 9.18 Å². The average Bonchev–Trinajstić information content (AvgIpc) is 3.32. The fourth-order valence-electron chi connectivity index (χ4n) is 2.37. The zero-order chi connectivity index (χ0) is 18.0. The molecule has 1 saturated carbocycles. The minimum absolute atomic E-state index is 0.00469. The van der Waals surface area contributed by atoms with Gasteiger partial charge in [-0.1, -0.05) is 28.4 Å². The molecule has 0 aliphatic heterocycles. The lowest BCUT2D eigenvalue weighted by Crippen LogP contribution is -2.38. The molecule has 132 valence electrons. The number of pyridine rings is 1. The van der Waals surface area contributed by atoms with Gasteiger partial charge in [-0.2, -0.15) is 9.49 Å². The first-order valence-corrected chi connectivity index (χ1v) is 8.18. The quantitative estimate of drug-likeness (QED) is 0.611. The van der Waals surface area contributed by atoms with E-state index >= 15 is 0 Å². The van der Waals surface area contributed by atoms with Gasteiger partial charge in [0.25, 0.3) is 5.91 Å². The van der Waals surface area contributed by atoms with Crippen LogP contribution in [0.3, 0.4) is 0 Å². The lowest BCUT2D eigenvalue weighted by molar-refractivity contribution is 0.0762. The Hall–Kier alpha value is -2.19. The van der Waals surface area contributed by atoms with Gasteiger partial charge in [0, 0.05) is 12.2 Å². The van der Waals surface area contributed by atoms with Crippen molar-refractivity contribution in [1.29, 1.82) is 0 Å². The number of carbonyl (C=O) groups is 1. The van der Waals surface area contributed by atoms with Gasteiger partial charge in [-0.05, 0) is 18.9 Å². The van der Waals surface area contributed by atoms with Gasteiger partial charge in [-0.15, -0.1) is 0 Å². The van der Waals surface area contributed by atoms with Crippen LogP contribution < -0.4 is 0 Å². The summed E-state index contributed by atoms with van der Waals surface area (Å²) in [5, 5.41) is 10.3. The molecule has 2 heterocycles. The van der Waals surface area contributed by atoms with Gasteiger partial charge in [0.2, 0.25) is 5.95 Å². The Kier molecular flexibility index (Phi) is 5.19. The number of oxime groups is 1. The molecule has 10 heteroatoms. The van der Waals surface area contributed by atoms with Crippen LogP contribution in [-0.2, 0) is 4.84 Å². The molecule has 0 saturated heterocycles. The van der Waals surface area contributed by atoms with Crippen LogP contribution in [0.2, 0.25) is 10.0 Å². The highest BCUT2D eigenvalue weighted by molar-refractivity contribution is 6.36. The monoisotopic (exact) mass is 385 g/mol. The number of aromatic amines is 1. The highest BCUT2D eigenvalue weighted by Gasteiger charge is 2.36. The first-order chi connectivity index (χ1) is 12.0. The predicted molar refractivity (Wildman–Crippen MR) is 90.4 cm³/mol. The van der Waals surface area contributed by atoms with E-state index in [0.29, 0.717) is 16.4 Å². The molecular weight excluding hydrogens is 372 g/mol. The van der Waals surface area contributed by atoms with E-state index in [4.69, 9.17) is 28.0 Å². The summed E-state index contributed by atoms with van der Waals surface area (Å²) in [7, 11) is 1.38. The minimum atomic E-state index is -0.775. The molecular formula is C15H14Cl2FN5O2. The summed E-state index contributed by atoms with van der Waals surface area (Å²) in [6.07, 6.45) is 4.24. The van der Waals surface area contributed by atoms with E-state index in [1.54, 1.807) is 0 Å². The molecule has 3 rings (SSSR count). The van der Waals surface area contributed by atoms with Gasteiger partial charge >= 0.3 is 0 Å². The second kappa shape index (κ2) is 7.37. The Morgan fingerprint density at radius 2 is 2.24 bits per heavy atom. The van der Waals surface area contributed by atoms with Crippen LogP contribution in [0.5, 0.6) is 0 Å². The van der Waals surface area contributed by atoms with Crippen molar-refractivity contribution >= 4 is 34.8 Å².